The van der Waals surface area contributed by atoms with Crippen molar-refractivity contribution in [2.24, 2.45) is 5.92 Å². The van der Waals surface area contributed by atoms with E-state index in [1.54, 1.807) is 12.1 Å². The van der Waals surface area contributed by atoms with Crippen LogP contribution in [0.5, 0.6) is 5.75 Å². The maximum atomic E-state index is 15.0. The Kier molecular flexibility index (Phi) is 6.42. The summed E-state index contributed by atoms with van der Waals surface area (Å²) in [5, 5.41) is 48.4. The summed E-state index contributed by atoms with van der Waals surface area (Å²) in [6.45, 7) is -1.05. The Morgan fingerprint density at radius 1 is 0.966 bits per heavy atom. The lowest BCUT2D eigenvalue weighted by Crippen LogP contribution is -2.61. The molecule has 2 aromatic carbocycles. The number of aliphatic hydroxyl groups excluding tert-OH is 4. The van der Waals surface area contributed by atoms with Gasteiger partial charge in [0.05, 0.1) is 30.7 Å². The number of aliphatic hydroxyl groups is 4. The van der Waals surface area contributed by atoms with Crippen LogP contribution in [0.4, 0.5) is 8.78 Å². The third-order valence-corrected chi connectivity index (χ3v) is 5.78. The van der Waals surface area contributed by atoms with E-state index in [0.29, 0.717) is 10.6 Å². The smallest absolute Gasteiger partial charge is 0.264 e. The summed E-state index contributed by atoms with van der Waals surface area (Å²) < 4.78 is 29.9. The van der Waals surface area contributed by atoms with E-state index in [4.69, 9.17) is 16.9 Å². The summed E-state index contributed by atoms with van der Waals surface area (Å²) in [5.41, 5.74) is 1.30. The van der Waals surface area contributed by atoms with E-state index >= 15 is 0 Å². The molecule has 0 amide bonds. The molecule has 2 aromatic rings. The Labute approximate surface area is 170 Å². The van der Waals surface area contributed by atoms with Gasteiger partial charge in [-0.3, -0.25) is 0 Å². The highest BCUT2D eigenvalue weighted by atomic mass is 35.5. The minimum atomic E-state index is -3.67. The third-order valence-electron chi connectivity index (χ3n) is 5.41. The Balaban J connectivity index is 1.96. The number of halogens is 3. The second-order valence-electron chi connectivity index (χ2n) is 7.18. The van der Waals surface area contributed by atoms with Gasteiger partial charge in [0.2, 0.25) is 0 Å². The quantitative estimate of drug-likeness (QED) is 0.367. The fraction of sp³-hybridized carbons (Fsp3) is 0.400. The highest BCUT2D eigenvalue weighted by Gasteiger charge is 2.60. The van der Waals surface area contributed by atoms with Crippen molar-refractivity contribution in [2.45, 2.75) is 36.6 Å². The van der Waals surface area contributed by atoms with Crippen molar-refractivity contribution in [2.75, 3.05) is 6.61 Å². The molecule has 0 saturated heterocycles. The van der Waals surface area contributed by atoms with Crippen molar-refractivity contribution in [1.29, 1.82) is 0 Å². The molecule has 0 heterocycles. The van der Waals surface area contributed by atoms with Crippen LogP contribution in [0.15, 0.2) is 42.5 Å². The topological polar surface area (TPSA) is 110 Å². The van der Waals surface area contributed by atoms with Gasteiger partial charge in [-0.1, -0.05) is 35.9 Å². The van der Waals surface area contributed by atoms with Crippen molar-refractivity contribution >= 4 is 11.6 Å². The maximum Gasteiger partial charge on any atom is 0.264 e. The first-order chi connectivity index (χ1) is 13.7. The van der Waals surface area contributed by atoms with Crippen LogP contribution in [0.25, 0.3) is 0 Å². The molecular formula is C20H21ClF2O6. The van der Waals surface area contributed by atoms with Crippen molar-refractivity contribution < 1.29 is 39.4 Å². The van der Waals surface area contributed by atoms with Gasteiger partial charge in [-0.2, -0.15) is 0 Å². The van der Waals surface area contributed by atoms with E-state index in [-0.39, 0.29) is 17.7 Å². The van der Waals surface area contributed by atoms with Crippen molar-refractivity contribution in [3.8, 4) is 5.75 Å². The largest absolute Gasteiger partial charge is 0.396 e. The fourth-order valence-electron chi connectivity index (χ4n) is 3.78. The summed E-state index contributed by atoms with van der Waals surface area (Å²) >= 11 is 6.21. The van der Waals surface area contributed by atoms with Crippen LogP contribution in [-0.2, 0) is 6.42 Å². The first-order valence-electron chi connectivity index (χ1n) is 8.92. The Bertz CT molecular complexity index is 847. The minimum absolute atomic E-state index is 0.0293. The molecule has 29 heavy (non-hydrogen) atoms. The molecule has 9 heteroatoms. The van der Waals surface area contributed by atoms with Gasteiger partial charge in [0.1, 0.15) is 6.10 Å². The molecule has 5 atom stereocenters. The van der Waals surface area contributed by atoms with Gasteiger partial charge in [0, 0.05) is 5.02 Å². The molecule has 1 aliphatic rings. The Hall–Kier alpha value is -1.81. The van der Waals surface area contributed by atoms with E-state index in [9.17, 15) is 29.2 Å². The van der Waals surface area contributed by atoms with E-state index in [0.717, 1.165) is 5.56 Å². The van der Waals surface area contributed by atoms with E-state index in [2.05, 4.69) is 4.89 Å². The normalized spacial score (nSPS) is 28.9. The number of benzene rings is 2. The highest BCUT2D eigenvalue weighted by Crippen LogP contribution is 2.48. The predicted molar refractivity (Wildman–Crippen MR) is 100 cm³/mol. The molecular weight excluding hydrogens is 410 g/mol. The zero-order valence-electron chi connectivity index (χ0n) is 15.1. The number of hydrogen-bond donors (Lipinski definition) is 5. The van der Waals surface area contributed by atoms with Gasteiger partial charge >= 0.3 is 0 Å². The first kappa shape index (κ1) is 21.9. The van der Waals surface area contributed by atoms with Crippen molar-refractivity contribution in [1.82, 2.24) is 0 Å². The summed E-state index contributed by atoms with van der Waals surface area (Å²) in [4.78, 5) is 4.11. The van der Waals surface area contributed by atoms with Crippen LogP contribution in [0.2, 0.25) is 5.02 Å². The SMILES string of the molecule is OC[C@@H]1[C@@H](O)[C@H](O)[C@@H](O)[C@H](c2ccc(Cl)c(Cc3ccc(OO)cc3)c2)C1(F)F. The molecule has 158 valence electrons. The second-order valence-corrected chi connectivity index (χ2v) is 7.58. The average molecular weight is 431 g/mol. The molecule has 0 spiro atoms. The molecule has 0 bridgehead atoms. The first-order valence-corrected chi connectivity index (χ1v) is 9.30. The predicted octanol–water partition coefficient (Wildman–Crippen LogP) is 2.21. The molecule has 1 saturated carbocycles. The lowest BCUT2D eigenvalue weighted by molar-refractivity contribution is -0.232. The van der Waals surface area contributed by atoms with Gasteiger partial charge in [0.25, 0.3) is 5.92 Å². The second kappa shape index (κ2) is 8.51. The van der Waals surface area contributed by atoms with Gasteiger partial charge in [-0.05, 0) is 41.3 Å². The zero-order valence-corrected chi connectivity index (χ0v) is 15.9. The molecule has 1 fully saturated rings. The van der Waals surface area contributed by atoms with E-state index in [1.807, 2.05) is 0 Å². The summed E-state index contributed by atoms with van der Waals surface area (Å²) in [6.07, 6.45) is -5.44. The minimum Gasteiger partial charge on any atom is -0.396 e. The summed E-state index contributed by atoms with van der Waals surface area (Å²) in [7, 11) is 0. The van der Waals surface area contributed by atoms with Gasteiger partial charge in [0.15, 0.2) is 5.75 Å². The zero-order chi connectivity index (χ0) is 21.3. The lowest BCUT2D eigenvalue weighted by atomic mass is 9.70. The Morgan fingerprint density at radius 2 is 1.62 bits per heavy atom. The standard InChI is InChI=1S/C20H21ClF2O6/c21-15-6-3-11(8-12(15)7-10-1-4-13(29-28)5-2-10)16-18(26)19(27)17(25)14(9-24)20(16,22)23/h1-6,8,14,16-19,24-28H,7,9H2/t14-,16+,17-,18+,19+/m1/s1. The van der Waals surface area contributed by atoms with Crippen LogP contribution < -0.4 is 4.89 Å². The van der Waals surface area contributed by atoms with Crippen molar-refractivity contribution in [3.05, 3.63) is 64.2 Å². The number of rotatable bonds is 5. The van der Waals surface area contributed by atoms with Crippen molar-refractivity contribution in [3.63, 3.8) is 0 Å². The van der Waals surface area contributed by atoms with Gasteiger partial charge < -0.3 is 25.3 Å². The molecule has 0 radical (unpaired) electrons. The molecule has 6 nitrogen and oxygen atoms in total. The summed E-state index contributed by atoms with van der Waals surface area (Å²) in [5.74, 6) is -7.19. The van der Waals surface area contributed by atoms with Crippen LogP contribution in [0, 0.1) is 5.92 Å². The van der Waals surface area contributed by atoms with Crippen LogP contribution in [-0.4, -0.2) is 56.5 Å². The molecule has 0 unspecified atom stereocenters. The monoisotopic (exact) mass is 430 g/mol. The molecule has 1 aliphatic carbocycles. The van der Waals surface area contributed by atoms with Gasteiger partial charge in [-0.25, -0.2) is 14.0 Å². The fourth-order valence-corrected chi connectivity index (χ4v) is 3.97. The number of alkyl halides is 2. The Morgan fingerprint density at radius 3 is 2.21 bits per heavy atom. The lowest BCUT2D eigenvalue weighted by Gasteiger charge is -2.45. The number of hydrogen-bond acceptors (Lipinski definition) is 6. The van der Waals surface area contributed by atoms with Crippen LogP contribution >= 0.6 is 11.6 Å². The highest BCUT2D eigenvalue weighted by molar-refractivity contribution is 6.31. The molecule has 3 rings (SSSR count). The van der Waals surface area contributed by atoms with Gasteiger partial charge in [-0.15, -0.1) is 0 Å². The van der Waals surface area contributed by atoms with Crippen LogP contribution in [0.3, 0.4) is 0 Å². The molecule has 0 aromatic heterocycles. The maximum absolute atomic E-state index is 15.0. The third kappa shape index (κ3) is 4.09. The van der Waals surface area contributed by atoms with Crippen LogP contribution in [0.1, 0.15) is 22.6 Å². The average Bonchev–Trinajstić information content (AvgIpc) is 2.69. The van der Waals surface area contributed by atoms with E-state index < -0.39 is 42.7 Å². The van der Waals surface area contributed by atoms with E-state index in [1.165, 1.54) is 30.3 Å². The summed E-state index contributed by atoms with van der Waals surface area (Å²) in [6, 6.07) is 10.5. The molecule has 0 aliphatic heterocycles. The molecule has 5 N–H and O–H groups in total.